The second kappa shape index (κ2) is 6.45. The molecule has 0 unspecified atom stereocenters. The summed E-state index contributed by atoms with van der Waals surface area (Å²) in [7, 11) is 0. The second-order valence-corrected chi connectivity index (χ2v) is 6.53. The molecule has 1 aliphatic rings. The third-order valence-corrected chi connectivity index (χ3v) is 4.43. The van der Waals surface area contributed by atoms with E-state index in [1.54, 1.807) is 35.3 Å². The largest absolute Gasteiger partial charge is 0.383 e. The Bertz CT molecular complexity index is 1070. The van der Waals surface area contributed by atoms with Crippen molar-refractivity contribution in [3.05, 3.63) is 64.2 Å². The molecule has 3 heterocycles. The monoisotopic (exact) mass is 415 g/mol. The summed E-state index contributed by atoms with van der Waals surface area (Å²) in [4.78, 5) is 12.8. The van der Waals surface area contributed by atoms with Gasteiger partial charge in [0.2, 0.25) is 0 Å². The Hall–Kier alpha value is -2.87. The fourth-order valence-corrected chi connectivity index (χ4v) is 3.16. The van der Waals surface area contributed by atoms with Crippen LogP contribution in [0.3, 0.4) is 0 Å². The first-order chi connectivity index (χ1) is 12.6. The first-order valence-corrected chi connectivity index (χ1v) is 8.51. The minimum atomic E-state index is -0.964. The van der Waals surface area contributed by atoms with Crippen LogP contribution in [-0.4, -0.2) is 20.7 Å². The normalized spacial score (nSPS) is 12.9. The van der Waals surface area contributed by atoms with Crippen molar-refractivity contribution in [3.63, 3.8) is 0 Å². The van der Waals surface area contributed by atoms with E-state index in [-0.39, 0.29) is 11.5 Å². The van der Waals surface area contributed by atoms with Crippen LogP contribution in [0, 0.1) is 11.6 Å². The van der Waals surface area contributed by atoms with Gasteiger partial charge in [-0.2, -0.15) is 0 Å². The fraction of sp³-hybridized carbons (Fsp3) is 0.0556. The number of fused-ring (bicyclic) bond motifs is 1. The molecule has 0 bridgehead atoms. The molecule has 1 aromatic carbocycles. The summed E-state index contributed by atoms with van der Waals surface area (Å²) in [5, 5.41) is 0. The van der Waals surface area contributed by atoms with Gasteiger partial charge in [0.25, 0.3) is 0 Å². The van der Waals surface area contributed by atoms with Crippen LogP contribution < -0.4 is 5.73 Å². The van der Waals surface area contributed by atoms with Crippen molar-refractivity contribution in [2.75, 3.05) is 5.73 Å². The standard InChI is InChI=1S/C18H12BrF2N5/c19-10-8-11(17(22)24-9-10)18-25-13-4-6-23-7-5-14(13)26(18)15-3-1-2-12(20)16(15)21/h1-3,5-9H,4H2,(H2,22,24). The molecule has 0 spiro atoms. The van der Waals surface area contributed by atoms with Crippen molar-refractivity contribution < 1.29 is 8.78 Å². The number of nitrogen functional groups attached to an aromatic ring is 1. The first kappa shape index (κ1) is 16.6. The predicted octanol–water partition coefficient (Wildman–Crippen LogP) is 4.15. The SMILES string of the molecule is Nc1ncc(Br)cc1-c1nc2c(n1-c1cccc(F)c1F)C=CN=CC2. The molecule has 0 fully saturated rings. The van der Waals surface area contributed by atoms with Gasteiger partial charge < -0.3 is 5.73 Å². The van der Waals surface area contributed by atoms with Crippen LogP contribution in [0.1, 0.15) is 11.4 Å². The number of anilines is 1. The summed E-state index contributed by atoms with van der Waals surface area (Å²) >= 11 is 3.36. The number of imidazole rings is 1. The van der Waals surface area contributed by atoms with E-state index in [1.165, 1.54) is 12.1 Å². The van der Waals surface area contributed by atoms with E-state index in [9.17, 15) is 8.78 Å². The van der Waals surface area contributed by atoms with E-state index in [2.05, 4.69) is 30.9 Å². The van der Waals surface area contributed by atoms with Crippen molar-refractivity contribution >= 4 is 34.0 Å². The molecule has 130 valence electrons. The summed E-state index contributed by atoms with van der Waals surface area (Å²) < 4.78 is 30.7. The molecule has 0 saturated carbocycles. The Kier molecular flexibility index (Phi) is 4.12. The van der Waals surface area contributed by atoms with Gasteiger partial charge in [-0.1, -0.05) is 6.07 Å². The molecule has 3 aromatic rings. The van der Waals surface area contributed by atoms with Crippen molar-refractivity contribution in [1.82, 2.24) is 14.5 Å². The minimum absolute atomic E-state index is 0.0414. The van der Waals surface area contributed by atoms with Crippen LogP contribution >= 0.6 is 15.9 Å². The van der Waals surface area contributed by atoms with Crippen LogP contribution in [0.25, 0.3) is 23.2 Å². The molecule has 26 heavy (non-hydrogen) atoms. The highest BCUT2D eigenvalue weighted by Gasteiger charge is 2.23. The first-order valence-electron chi connectivity index (χ1n) is 7.72. The molecule has 2 N–H and O–H groups in total. The van der Waals surface area contributed by atoms with E-state index >= 15 is 0 Å². The molecule has 0 amide bonds. The molecule has 4 rings (SSSR count). The molecule has 0 aliphatic carbocycles. The second-order valence-electron chi connectivity index (χ2n) is 5.61. The van der Waals surface area contributed by atoms with Gasteiger partial charge in [-0.3, -0.25) is 9.56 Å². The number of nitrogens with two attached hydrogens (primary N) is 1. The highest BCUT2D eigenvalue weighted by molar-refractivity contribution is 9.10. The fourth-order valence-electron chi connectivity index (χ4n) is 2.83. The van der Waals surface area contributed by atoms with Gasteiger partial charge in [-0.05, 0) is 40.2 Å². The van der Waals surface area contributed by atoms with E-state index in [0.717, 1.165) is 6.07 Å². The van der Waals surface area contributed by atoms with Gasteiger partial charge in [0.15, 0.2) is 11.6 Å². The maximum absolute atomic E-state index is 14.6. The molecule has 5 nitrogen and oxygen atoms in total. The summed E-state index contributed by atoms with van der Waals surface area (Å²) in [6.07, 6.45) is 7.02. The van der Waals surface area contributed by atoms with Crippen molar-refractivity contribution in [2.45, 2.75) is 6.42 Å². The van der Waals surface area contributed by atoms with Crippen LogP contribution in [0.4, 0.5) is 14.6 Å². The quantitative estimate of drug-likeness (QED) is 0.683. The maximum Gasteiger partial charge on any atom is 0.182 e. The van der Waals surface area contributed by atoms with Gasteiger partial charge >= 0.3 is 0 Å². The van der Waals surface area contributed by atoms with E-state index < -0.39 is 11.6 Å². The third kappa shape index (κ3) is 2.72. The highest BCUT2D eigenvalue weighted by Crippen LogP contribution is 2.33. The number of hydrogen-bond donors (Lipinski definition) is 1. The number of halogens is 3. The molecule has 2 aromatic heterocycles. The summed E-state index contributed by atoms with van der Waals surface area (Å²) in [6.45, 7) is 0. The predicted molar refractivity (Wildman–Crippen MR) is 100 cm³/mol. The number of aliphatic imine (C=N–C) groups is 1. The van der Waals surface area contributed by atoms with Gasteiger partial charge in [-0.25, -0.2) is 18.7 Å². The zero-order chi connectivity index (χ0) is 18.3. The summed E-state index contributed by atoms with van der Waals surface area (Å²) in [5.41, 5.74) is 7.88. The Labute approximate surface area is 156 Å². The van der Waals surface area contributed by atoms with Gasteiger partial charge in [-0.15, -0.1) is 0 Å². The molecule has 0 atom stereocenters. The van der Waals surface area contributed by atoms with E-state index in [4.69, 9.17) is 5.73 Å². The smallest absolute Gasteiger partial charge is 0.182 e. The van der Waals surface area contributed by atoms with Crippen LogP contribution in [0.2, 0.25) is 0 Å². The maximum atomic E-state index is 14.6. The van der Waals surface area contributed by atoms with Crippen LogP contribution in [-0.2, 0) is 6.42 Å². The Morgan fingerprint density at radius 2 is 2.08 bits per heavy atom. The highest BCUT2D eigenvalue weighted by atomic mass is 79.9. The number of rotatable bonds is 2. The average Bonchev–Trinajstić information content (AvgIpc) is 2.81. The molecule has 8 heteroatoms. The lowest BCUT2D eigenvalue weighted by molar-refractivity contribution is 0.504. The molecule has 0 radical (unpaired) electrons. The summed E-state index contributed by atoms with van der Waals surface area (Å²) in [6, 6.07) is 5.76. The number of aromatic nitrogens is 3. The zero-order valence-corrected chi connectivity index (χ0v) is 14.9. The number of nitrogens with zero attached hydrogens (tertiary/aromatic N) is 4. The van der Waals surface area contributed by atoms with Crippen LogP contribution in [0.5, 0.6) is 0 Å². The Morgan fingerprint density at radius 1 is 1.23 bits per heavy atom. The number of hydrogen-bond acceptors (Lipinski definition) is 4. The Morgan fingerprint density at radius 3 is 2.92 bits per heavy atom. The van der Waals surface area contributed by atoms with Gasteiger partial charge in [0, 0.05) is 29.5 Å². The van der Waals surface area contributed by atoms with Crippen molar-refractivity contribution in [3.8, 4) is 17.1 Å². The van der Waals surface area contributed by atoms with Gasteiger partial charge in [0.1, 0.15) is 11.6 Å². The number of benzene rings is 1. The molecular formula is C18H12BrF2N5. The Balaban J connectivity index is 2.07. The zero-order valence-electron chi connectivity index (χ0n) is 13.3. The lowest BCUT2D eigenvalue weighted by Crippen LogP contribution is -2.06. The summed E-state index contributed by atoms with van der Waals surface area (Å²) in [5.74, 6) is -1.28. The average molecular weight is 416 g/mol. The van der Waals surface area contributed by atoms with Crippen molar-refractivity contribution in [1.29, 1.82) is 0 Å². The minimum Gasteiger partial charge on any atom is -0.383 e. The van der Waals surface area contributed by atoms with Gasteiger partial charge in [0.05, 0.1) is 22.6 Å². The van der Waals surface area contributed by atoms with Crippen molar-refractivity contribution in [2.24, 2.45) is 4.99 Å². The lowest BCUT2D eigenvalue weighted by Gasteiger charge is -2.13. The molecule has 1 aliphatic heterocycles. The molecule has 0 saturated heterocycles. The lowest BCUT2D eigenvalue weighted by atomic mass is 10.2. The number of pyridine rings is 1. The van der Waals surface area contributed by atoms with Crippen LogP contribution in [0.15, 0.2) is 46.1 Å². The molecular weight excluding hydrogens is 404 g/mol. The van der Waals surface area contributed by atoms with E-state index in [0.29, 0.717) is 33.7 Å². The third-order valence-electron chi connectivity index (χ3n) is 4.00. The topological polar surface area (TPSA) is 69.1 Å². The van der Waals surface area contributed by atoms with E-state index in [1.807, 2.05) is 0 Å².